The molecule has 4 aliphatic rings. The molecular formula is C46H50Si2. The van der Waals surface area contributed by atoms with Crippen molar-refractivity contribution in [3.05, 3.63) is 166 Å². The van der Waals surface area contributed by atoms with Crippen molar-refractivity contribution in [1.82, 2.24) is 0 Å². The van der Waals surface area contributed by atoms with Gasteiger partial charge in [-0.25, -0.2) is 0 Å². The Labute approximate surface area is 291 Å². The quantitative estimate of drug-likeness (QED) is 0.105. The Hall–Kier alpha value is -3.73. The van der Waals surface area contributed by atoms with E-state index in [9.17, 15) is 0 Å². The van der Waals surface area contributed by atoms with Crippen LogP contribution >= 0.6 is 0 Å². The predicted molar refractivity (Wildman–Crippen MR) is 213 cm³/mol. The maximum Gasteiger partial charge on any atom is 0.0799 e. The summed E-state index contributed by atoms with van der Waals surface area (Å²) in [7, 11) is -3.72. The molecule has 0 N–H and O–H groups in total. The van der Waals surface area contributed by atoms with Crippen LogP contribution in [-0.2, 0) is 0 Å². The summed E-state index contributed by atoms with van der Waals surface area (Å²) in [5, 5.41) is 0. The van der Waals surface area contributed by atoms with Crippen LogP contribution in [0.5, 0.6) is 0 Å². The zero-order chi connectivity index (χ0) is 32.7. The first-order valence-electron chi connectivity index (χ1n) is 18.6. The smallest absolute Gasteiger partial charge is 0.0791 e. The zero-order valence-electron chi connectivity index (χ0n) is 29.0. The lowest BCUT2D eigenvalue weighted by Gasteiger charge is -2.46. The lowest BCUT2D eigenvalue weighted by atomic mass is 10.1. The van der Waals surface area contributed by atoms with Crippen molar-refractivity contribution in [1.29, 1.82) is 0 Å². The molecule has 0 amide bonds. The van der Waals surface area contributed by atoms with Crippen LogP contribution in [0.1, 0.15) is 106 Å². The van der Waals surface area contributed by atoms with Crippen molar-refractivity contribution in [2.45, 2.75) is 85.9 Å². The molecule has 4 aromatic carbocycles. The van der Waals surface area contributed by atoms with Crippen LogP contribution in [0.4, 0.5) is 0 Å². The largest absolute Gasteiger partial charge is 0.0799 e. The Kier molecular flexibility index (Phi) is 8.51. The maximum atomic E-state index is 2.73. The zero-order valence-corrected chi connectivity index (χ0v) is 31.0. The minimum atomic E-state index is -1.91. The van der Waals surface area contributed by atoms with Gasteiger partial charge in [-0.2, -0.15) is 0 Å². The van der Waals surface area contributed by atoms with E-state index in [2.05, 4.69) is 166 Å². The predicted octanol–water partition coefficient (Wildman–Crippen LogP) is 12.9. The van der Waals surface area contributed by atoms with Crippen molar-refractivity contribution >= 4 is 40.5 Å². The molecule has 4 aromatic rings. The Morgan fingerprint density at radius 3 is 1.17 bits per heavy atom. The summed E-state index contributed by atoms with van der Waals surface area (Å²) in [6.07, 6.45) is 25.5. The molecule has 4 aliphatic carbocycles. The second kappa shape index (κ2) is 13.0. The van der Waals surface area contributed by atoms with Gasteiger partial charge in [-0.05, 0) is 72.2 Å². The molecule has 0 bridgehead atoms. The van der Waals surface area contributed by atoms with Crippen molar-refractivity contribution in [3.63, 3.8) is 0 Å². The Morgan fingerprint density at radius 1 is 0.438 bits per heavy atom. The molecular weight excluding hydrogens is 609 g/mol. The van der Waals surface area contributed by atoms with Gasteiger partial charge >= 0.3 is 0 Å². The second-order valence-electron chi connectivity index (χ2n) is 15.5. The fourth-order valence-corrected chi connectivity index (χ4v) is 21.9. The van der Waals surface area contributed by atoms with E-state index in [1.165, 1.54) is 60.0 Å². The van der Waals surface area contributed by atoms with E-state index in [0.717, 1.165) is 0 Å². The summed E-state index contributed by atoms with van der Waals surface area (Å²) in [6, 6.07) is 39.7. The molecule has 2 heteroatoms. The third-order valence-corrected chi connectivity index (χ3v) is 24.9. The van der Waals surface area contributed by atoms with Crippen LogP contribution in [0.25, 0.3) is 24.3 Å². The van der Waals surface area contributed by atoms with Gasteiger partial charge in [0.1, 0.15) is 0 Å². The summed E-state index contributed by atoms with van der Waals surface area (Å²) in [4.78, 5) is 0. The van der Waals surface area contributed by atoms with Crippen molar-refractivity contribution in [3.8, 4) is 0 Å². The molecule has 0 saturated carbocycles. The number of rotatable bonds is 12. The van der Waals surface area contributed by atoms with E-state index >= 15 is 0 Å². The third-order valence-electron chi connectivity index (χ3n) is 12.9. The number of hydrogen-bond acceptors (Lipinski definition) is 0. The SMILES string of the molecule is CC(C)[Si](CCCCCC[Si](C)(C1C=Cc2ccccc21)C1C=Cc2ccccc21)(C1C=Cc2ccccc21)C1C=Cc2ccccc21. The number of fused-ring (bicyclic) bond motifs is 4. The molecule has 0 aliphatic heterocycles. The van der Waals surface area contributed by atoms with Crippen LogP contribution in [0.15, 0.2) is 121 Å². The van der Waals surface area contributed by atoms with E-state index in [1.807, 2.05) is 0 Å². The standard InChI is InChI=1S/C46H50Si2/c1-34(2)48(45-30-26-37-18-8-12-22-41(37)45,46-31-27-38-19-9-13-23-42(38)46)33-15-5-4-14-32-47(3,43-28-24-35-16-6-10-20-39(35)43)44-29-25-36-17-7-11-21-40(36)44/h6-13,16-31,34,43-46H,4-5,14-15,32-33H2,1-3H3. The van der Waals surface area contributed by atoms with Gasteiger partial charge in [0.25, 0.3) is 0 Å². The number of allylic oxidation sites excluding steroid dienone is 4. The molecule has 0 spiro atoms. The van der Waals surface area contributed by atoms with E-state index in [1.54, 1.807) is 22.3 Å². The van der Waals surface area contributed by atoms with E-state index in [4.69, 9.17) is 0 Å². The Morgan fingerprint density at radius 2 is 0.771 bits per heavy atom. The highest BCUT2D eigenvalue weighted by molar-refractivity contribution is 6.85. The van der Waals surface area contributed by atoms with Gasteiger partial charge in [0.05, 0.1) is 16.1 Å². The van der Waals surface area contributed by atoms with Gasteiger partial charge in [-0.1, -0.05) is 204 Å². The molecule has 8 rings (SSSR count). The number of hydrogen-bond donors (Lipinski definition) is 0. The van der Waals surface area contributed by atoms with Gasteiger partial charge in [-0.3, -0.25) is 0 Å². The monoisotopic (exact) mass is 658 g/mol. The first-order valence-corrected chi connectivity index (χ1v) is 23.9. The highest BCUT2D eigenvalue weighted by atomic mass is 28.3. The molecule has 0 saturated heterocycles. The fraction of sp³-hybridized carbons (Fsp3) is 0.304. The first-order chi connectivity index (χ1) is 23.5. The maximum absolute atomic E-state index is 2.73. The van der Waals surface area contributed by atoms with E-state index < -0.39 is 16.1 Å². The minimum Gasteiger partial charge on any atom is -0.0791 e. The highest BCUT2D eigenvalue weighted by Crippen LogP contribution is 2.55. The highest BCUT2D eigenvalue weighted by Gasteiger charge is 2.51. The second-order valence-corrected chi connectivity index (χ2v) is 25.4. The molecule has 0 radical (unpaired) electrons. The summed E-state index contributed by atoms with van der Waals surface area (Å²) < 4.78 is 0. The summed E-state index contributed by atoms with van der Waals surface area (Å²) in [5.74, 6) is 0. The molecule has 4 unspecified atom stereocenters. The molecule has 0 heterocycles. The van der Waals surface area contributed by atoms with Crippen LogP contribution < -0.4 is 0 Å². The fourth-order valence-electron chi connectivity index (χ4n) is 10.4. The van der Waals surface area contributed by atoms with Crippen LogP contribution in [0.2, 0.25) is 24.2 Å². The molecule has 0 aromatic heterocycles. The van der Waals surface area contributed by atoms with Gasteiger partial charge < -0.3 is 0 Å². The average molecular weight is 659 g/mol. The van der Waals surface area contributed by atoms with Crippen LogP contribution in [0, 0.1) is 0 Å². The topological polar surface area (TPSA) is 0 Å². The summed E-state index contributed by atoms with van der Waals surface area (Å²) in [6.45, 7) is 7.85. The molecule has 4 atom stereocenters. The normalized spacial score (nSPS) is 23.6. The van der Waals surface area contributed by atoms with Crippen molar-refractivity contribution < 1.29 is 0 Å². The van der Waals surface area contributed by atoms with Crippen LogP contribution in [0.3, 0.4) is 0 Å². The van der Waals surface area contributed by atoms with Crippen molar-refractivity contribution in [2.24, 2.45) is 0 Å². The van der Waals surface area contributed by atoms with Gasteiger partial charge in [0.2, 0.25) is 0 Å². The van der Waals surface area contributed by atoms with Crippen molar-refractivity contribution in [2.75, 3.05) is 0 Å². The molecule has 0 fully saturated rings. The first kappa shape index (κ1) is 31.5. The minimum absolute atomic E-state index is 0.577. The average Bonchev–Trinajstić information content (AvgIpc) is 3.93. The molecule has 48 heavy (non-hydrogen) atoms. The van der Waals surface area contributed by atoms with Crippen LogP contribution in [-0.4, -0.2) is 16.1 Å². The molecule has 0 nitrogen and oxygen atoms in total. The van der Waals surface area contributed by atoms with E-state index in [0.29, 0.717) is 27.7 Å². The Bertz CT molecular complexity index is 1800. The third kappa shape index (κ3) is 5.24. The lowest BCUT2D eigenvalue weighted by molar-refractivity contribution is 0.676. The Balaban J connectivity index is 1.02. The lowest BCUT2D eigenvalue weighted by Crippen LogP contribution is -2.49. The number of benzene rings is 4. The van der Waals surface area contributed by atoms with Gasteiger partial charge in [0, 0.05) is 0 Å². The summed E-state index contributed by atoms with van der Waals surface area (Å²) in [5.41, 5.74) is 15.1. The summed E-state index contributed by atoms with van der Waals surface area (Å²) >= 11 is 0. The van der Waals surface area contributed by atoms with Gasteiger partial charge in [0.15, 0.2) is 0 Å². The number of unbranched alkanes of at least 4 members (excludes halogenated alkanes) is 3. The molecule has 242 valence electrons. The van der Waals surface area contributed by atoms with E-state index in [-0.39, 0.29) is 0 Å². The van der Waals surface area contributed by atoms with Gasteiger partial charge in [-0.15, -0.1) is 0 Å².